The van der Waals surface area contributed by atoms with Crippen molar-refractivity contribution >= 4 is 50.5 Å². The summed E-state index contributed by atoms with van der Waals surface area (Å²) in [6.07, 6.45) is 1.29. The molecule has 0 saturated heterocycles. The van der Waals surface area contributed by atoms with E-state index in [1.165, 1.54) is 21.3 Å². The van der Waals surface area contributed by atoms with Crippen LogP contribution in [0, 0.1) is 6.92 Å². The number of aryl methyl sites for hydroxylation is 1. The molecule has 2 heterocycles. The second-order valence-corrected chi connectivity index (χ2v) is 12.9. The Morgan fingerprint density at radius 2 is 1.92 bits per heavy atom. The van der Waals surface area contributed by atoms with Crippen LogP contribution in [-0.2, 0) is 21.2 Å². The van der Waals surface area contributed by atoms with E-state index in [1.54, 1.807) is 34.4 Å². The number of carbonyl (C=O) groups is 1. The van der Waals surface area contributed by atoms with Gasteiger partial charge in [-0.05, 0) is 91.7 Å². The lowest BCUT2D eigenvalue weighted by atomic mass is 10.0. The van der Waals surface area contributed by atoms with Crippen molar-refractivity contribution in [2.24, 2.45) is 0 Å². The van der Waals surface area contributed by atoms with E-state index in [-0.39, 0.29) is 36.0 Å². The summed E-state index contributed by atoms with van der Waals surface area (Å²) < 4.78 is 34.5. The van der Waals surface area contributed by atoms with Crippen molar-refractivity contribution in [2.75, 3.05) is 19.7 Å². The molecule has 0 unspecified atom stereocenters. The van der Waals surface area contributed by atoms with E-state index in [0.717, 1.165) is 17.5 Å². The van der Waals surface area contributed by atoms with Crippen LogP contribution in [0.4, 0.5) is 0 Å². The van der Waals surface area contributed by atoms with Crippen LogP contribution in [0.15, 0.2) is 58.8 Å². The Bertz CT molecular complexity index is 1360. The molecule has 0 spiro atoms. The standard InChI is InChI=1S/C27H30Cl2N2O4S2/c1-4-19(3)31(37(33,34)22-8-5-20(28)6-9-22)16-27(32)30-13-11-26-23(12-14-36-26)25(30)17-35-21-7-10-24(29)18(2)15-21/h5-10,12,14-15,19,25H,4,11,13,16-17H2,1-3H3/t19-,25-/m0/s1. The van der Waals surface area contributed by atoms with Crippen LogP contribution < -0.4 is 4.74 Å². The summed E-state index contributed by atoms with van der Waals surface area (Å²) in [5, 5.41) is 3.13. The van der Waals surface area contributed by atoms with Gasteiger partial charge < -0.3 is 9.64 Å². The Hall–Kier alpha value is -2.10. The first-order valence-corrected chi connectivity index (χ1v) is 15.2. The lowest BCUT2D eigenvalue weighted by Gasteiger charge is -2.37. The molecule has 0 N–H and O–H groups in total. The molecule has 37 heavy (non-hydrogen) atoms. The van der Waals surface area contributed by atoms with Crippen molar-refractivity contribution in [3.63, 3.8) is 0 Å². The summed E-state index contributed by atoms with van der Waals surface area (Å²) in [7, 11) is -3.91. The van der Waals surface area contributed by atoms with E-state index in [9.17, 15) is 13.2 Å². The highest BCUT2D eigenvalue weighted by atomic mass is 35.5. The number of thiophene rings is 1. The number of halogens is 2. The van der Waals surface area contributed by atoms with Crippen LogP contribution in [-0.4, -0.2) is 49.3 Å². The number of amides is 1. The van der Waals surface area contributed by atoms with Crippen molar-refractivity contribution in [1.82, 2.24) is 9.21 Å². The number of carbonyl (C=O) groups excluding carboxylic acids is 1. The van der Waals surface area contributed by atoms with E-state index in [4.69, 9.17) is 27.9 Å². The van der Waals surface area contributed by atoms with E-state index >= 15 is 0 Å². The maximum atomic E-state index is 13.7. The molecule has 198 valence electrons. The third-order valence-corrected chi connectivity index (χ3v) is 10.4. The lowest BCUT2D eigenvalue weighted by Crippen LogP contribution is -2.49. The summed E-state index contributed by atoms with van der Waals surface area (Å²) in [6.45, 7) is 6.13. The molecule has 10 heteroatoms. The average molecular weight is 582 g/mol. The minimum Gasteiger partial charge on any atom is -0.491 e. The molecule has 0 radical (unpaired) electrons. The number of nitrogens with zero attached hydrogens (tertiary/aromatic N) is 2. The van der Waals surface area contributed by atoms with Gasteiger partial charge in [-0.15, -0.1) is 11.3 Å². The zero-order chi connectivity index (χ0) is 26.7. The van der Waals surface area contributed by atoms with Gasteiger partial charge in [-0.1, -0.05) is 30.1 Å². The zero-order valence-electron chi connectivity index (χ0n) is 21.0. The van der Waals surface area contributed by atoms with Gasteiger partial charge in [-0.25, -0.2) is 8.42 Å². The van der Waals surface area contributed by atoms with Crippen molar-refractivity contribution in [3.05, 3.63) is 80.0 Å². The van der Waals surface area contributed by atoms with E-state index < -0.39 is 10.0 Å². The number of hydrogen-bond acceptors (Lipinski definition) is 5. The molecule has 0 aliphatic carbocycles. The second-order valence-electron chi connectivity index (χ2n) is 9.14. The number of rotatable bonds is 9. The second kappa shape index (κ2) is 11.7. The smallest absolute Gasteiger partial charge is 0.243 e. The molecule has 1 aliphatic heterocycles. The molecule has 0 saturated carbocycles. The summed E-state index contributed by atoms with van der Waals surface area (Å²) in [6, 6.07) is 12.8. The number of fused-ring (bicyclic) bond motifs is 1. The van der Waals surface area contributed by atoms with Crippen LogP contribution in [0.1, 0.15) is 42.3 Å². The van der Waals surface area contributed by atoms with Crippen molar-refractivity contribution in [2.45, 2.75) is 50.6 Å². The van der Waals surface area contributed by atoms with E-state index in [2.05, 4.69) is 0 Å². The van der Waals surface area contributed by atoms with Crippen LogP contribution >= 0.6 is 34.5 Å². The Labute approximate surface area is 232 Å². The van der Waals surface area contributed by atoms with Gasteiger partial charge in [0.2, 0.25) is 15.9 Å². The highest BCUT2D eigenvalue weighted by Crippen LogP contribution is 2.35. The fourth-order valence-corrected chi connectivity index (χ4v) is 7.23. The van der Waals surface area contributed by atoms with Gasteiger partial charge in [-0.2, -0.15) is 4.31 Å². The van der Waals surface area contributed by atoms with Crippen LogP contribution in [0.3, 0.4) is 0 Å². The van der Waals surface area contributed by atoms with E-state index in [1.807, 2.05) is 44.4 Å². The fraction of sp³-hybridized carbons (Fsp3) is 0.370. The molecule has 3 aromatic rings. The number of ether oxygens (including phenoxy) is 1. The van der Waals surface area contributed by atoms with Crippen molar-refractivity contribution in [1.29, 1.82) is 0 Å². The van der Waals surface area contributed by atoms with Gasteiger partial charge in [-0.3, -0.25) is 4.79 Å². The van der Waals surface area contributed by atoms with Gasteiger partial charge in [0.25, 0.3) is 0 Å². The average Bonchev–Trinajstić information content (AvgIpc) is 3.36. The highest BCUT2D eigenvalue weighted by Gasteiger charge is 2.36. The van der Waals surface area contributed by atoms with Gasteiger partial charge >= 0.3 is 0 Å². The summed E-state index contributed by atoms with van der Waals surface area (Å²) in [4.78, 5) is 16.8. The monoisotopic (exact) mass is 580 g/mol. The maximum absolute atomic E-state index is 13.7. The minimum atomic E-state index is -3.91. The van der Waals surface area contributed by atoms with Gasteiger partial charge in [0, 0.05) is 27.5 Å². The minimum absolute atomic E-state index is 0.113. The molecular formula is C27H30Cl2N2O4S2. The predicted molar refractivity (Wildman–Crippen MR) is 149 cm³/mol. The largest absolute Gasteiger partial charge is 0.491 e. The SMILES string of the molecule is CC[C@H](C)N(CC(=O)N1CCc2sccc2[C@@H]1COc1ccc(Cl)c(C)c1)S(=O)(=O)c1ccc(Cl)cc1. The maximum Gasteiger partial charge on any atom is 0.243 e. The van der Waals surface area contributed by atoms with Gasteiger partial charge in [0.1, 0.15) is 12.4 Å². The molecule has 1 amide bonds. The molecular weight excluding hydrogens is 551 g/mol. The van der Waals surface area contributed by atoms with Crippen LogP contribution in [0.25, 0.3) is 0 Å². The number of sulfonamides is 1. The summed E-state index contributed by atoms with van der Waals surface area (Å²) in [5.74, 6) is 0.416. The molecule has 0 bridgehead atoms. The van der Waals surface area contributed by atoms with E-state index in [0.29, 0.717) is 28.8 Å². The first-order valence-electron chi connectivity index (χ1n) is 12.1. The first kappa shape index (κ1) is 27.9. The van der Waals surface area contributed by atoms with Gasteiger partial charge in [0.05, 0.1) is 17.5 Å². The topological polar surface area (TPSA) is 66.9 Å². The first-order chi connectivity index (χ1) is 17.6. The van der Waals surface area contributed by atoms with Crippen LogP contribution in [0.5, 0.6) is 5.75 Å². The third-order valence-electron chi connectivity index (χ3n) is 6.75. The fourth-order valence-electron chi connectivity index (χ4n) is 4.40. The Morgan fingerprint density at radius 3 is 2.59 bits per heavy atom. The molecule has 1 aliphatic rings. The molecule has 4 rings (SSSR count). The summed E-state index contributed by atoms with van der Waals surface area (Å²) in [5.41, 5.74) is 1.95. The third kappa shape index (κ3) is 6.15. The quantitative estimate of drug-likeness (QED) is 0.295. The van der Waals surface area contributed by atoms with Crippen molar-refractivity contribution < 1.29 is 17.9 Å². The molecule has 1 aromatic heterocycles. The molecule has 0 fully saturated rings. The van der Waals surface area contributed by atoms with Crippen molar-refractivity contribution in [3.8, 4) is 5.75 Å². The highest BCUT2D eigenvalue weighted by molar-refractivity contribution is 7.89. The number of hydrogen-bond donors (Lipinski definition) is 0. The molecule has 2 atom stereocenters. The Kier molecular flexibility index (Phi) is 8.86. The van der Waals surface area contributed by atoms with Gasteiger partial charge in [0.15, 0.2) is 0 Å². The number of benzene rings is 2. The Morgan fingerprint density at radius 1 is 1.19 bits per heavy atom. The Balaban J connectivity index is 1.59. The predicted octanol–water partition coefficient (Wildman–Crippen LogP) is 6.36. The summed E-state index contributed by atoms with van der Waals surface area (Å²) >= 11 is 13.8. The molecule has 2 aromatic carbocycles. The molecule has 6 nitrogen and oxygen atoms in total. The lowest BCUT2D eigenvalue weighted by molar-refractivity contribution is -0.135. The van der Waals surface area contributed by atoms with Crippen LogP contribution in [0.2, 0.25) is 10.0 Å². The normalized spacial score (nSPS) is 16.5. The zero-order valence-corrected chi connectivity index (χ0v) is 24.1.